The van der Waals surface area contributed by atoms with Crippen molar-refractivity contribution in [2.24, 2.45) is 5.92 Å². The van der Waals surface area contributed by atoms with Crippen LogP contribution in [0.25, 0.3) is 0 Å². The summed E-state index contributed by atoms with van der Waals surface area (Å²) in [5, 5.41) is 5.85. The third kappa shape index (κ3) is 3.97. The molecule has 1 aliphatic rings. The molecular formula is C22H26N2O3. The predicted molar refractivity (Wildman–Crippen MR) is 106 cm³/mol. The molecule has 5 heteroatoms. The van der Waals surface area contributed by atoms with Crippen molar-refractivity contribution in [1.82, 2.24) is 5.32 Å². The summed E-state index contributed by atoms with van der Waals surface area (Å²) < 4.78 is 5.17. The molecule has 0 saturated carbocycles. The molecule has 2 aromatic rings. The van der Waals surface area contributed by atoms with Crippen molar-refractivity contribution < 1.29 is 14.3 Å². The van der Waals surface area contributed by atoms with Crippen molar-refractivity contribution in [3.63, 3.8) is 0 Å². The third-order valence-corrected chi connectivity index (χ3v) is 5.13. The van der Waals surface area contributed by atoms with Gasteiger partial charge >= 0.3 is 0 Å². The van der Waals surface area contributed by atoms with Gasteiger partial charge in [-0.15, -0.1) is 0 Å². The zero-order chi connectivity index (χ0) is 19.6. The monoisotopic (exact) mass is 366 g/mol. The lowest BCUT2D eigenvalue weighted by Gasteiger charge is -2.15. The summed E-state index contributed by atoms with van der Waals surface area (Å²) in [7, 11) is 1.65. The SMILES string of the molecule is COc1ccc(CC(C)CNC(=O)c2ccc3c(c2)NC(=O)C3(C)C)cc1. The second kappa shape index (κ2) is 7.43. The topological polar surface area (TPSA) is 67.4 Å². The Morgan fingerprint density at radius 3 is 2.56 bits per heavy atom. The Balaban J connectivity index is 1.58. The van der Waals surface area contributed by atoms with Crippen LogP contribution in [0.4, 0.5) is 5.69 Å². The maximum Gasteiger partial charge on any atom is 0.251 e. The number of hydrogen-bond donors (Lipinski definition) is 2. The van der Waals surface area contributed by atoms with Crippen molar-refractivity contribution in [2.45, 2.75) is 32.6 Å². The lowest BCUT2D eigenvalue weighted by molar-refractivity contribution is -0.119. The Morgan fingerprint density at radius 1 is 1.19 bits per heavy atom. The highest BCUT2D eigenvalue weighted by molar-refractivity contribution is 6.07. The van der Waals surface area contributed by atoms with Gasteiger partial charge < -0.3 is 15.4 Å². The van der Waals surface area contributed by atoms with Gasteiger partial charge in [0.2, 0.25) is 5.91 Å². The van der Waals surface area contributed by atoms with Gasteiger partial charge in [-0.2, -0.15) is 0 Å². The number of benzene rings is 2. The summed E-state index contributed by atoms with van der Waals surface area (Å²) >= 11 is 0. The largest absolute Gasteiger partial charge is 0.497 e. The van der Waals surface area contributed by atoms with E-state index in [9.17, 15) is 9.59 Å². The molecule has 0 saturated heterocycles. The summed E-state index contributed by atoms with van der Waals surface area (Å²) in [5.41, 5.74) is 2.86. The van der Waals surface area contributed by atoms with Crippen LogP contribution in [-0.4, -0.2) is 25.5 Å². The van der Waals surface area contributed by atoms with E-state index in [1.54, 1.807) is 19.2 Å². The van der Waals surface area contributed by atoms with Gasteiger partial charge in [-0.3, -0.25) is 9.59 Å². The fourth-order valence-electron chi connectivity index (χ4n) is 3.34. The number of ether oxygens (including phenoxy) is 1. The van der Waals surface area contributed by atoms with Gasteiger partial charge in [0.25, 0.3) is 5.91 Å². The van der Waals surface area contributed by atoms with E-state index in [0.717, 1.165) is 23.4 Å². The molecule has 0 bridgehead atoms. The smallest absolute Gasteiger partial charge is 0.251 e. The number of rotatable bonds is 6. The first-order valence-corrected chi connectivity index (χ1v) is 9.18. The molecule has 1 heterocycles. The van der Waals surface area contributed by atoms with E-state index < -0.39 is 5.41 Å². The van der Waals surface area contributed by atoms with E-state index in [0.29, 0.717) is 18.0 Å². The molecule has 5 nitrogen and oxygen atoms in total. The molecule has 2 N–H and O–H groups in total. The van der Waals surface area contributed by atoms with Gasteiger partial charge in [-0.05, 0) is 61.6 Å². The van der Waals surface area contributed by atoms with E-state index in [1.807, 2.05) is 44.2 Å². The van der Waals surface area contributed by atoms with Crippen molar-refractivity contribution in [1.29, 1.82) is 0 Å². The molecule has 0 spiro atoms. The Hall–Kier alpha value is -2.82. The van der Waals surface area contributed by atoms with E-state index >= 15 is 0 Å². The molecule has 0 aliphatic carbocycles. The predicted octanol–water partition coefficient (Wildman–Crippen LogP) is 3.53. The maximum atomic E-state index is 12.5. The minimum Gasteiger partial charge on any atom is -0.497 e. The summed E-state index contributed by atoms with van der Waals surface area (Å²) in [6.45, 7) is 6.46. The number of amides is 2. The van der Waals surface area contributed by atoms with Gasteiger partial charge in [-0.1, -0.05) is 25.1 Å². The number of carbonyl (C=O) groups excluding carboxylic acids is 2. The number of fused-ring (bicyclic) bond motifs is 1. The number of hydrogen-bond acceptors (Lipinski definition) is 3. The van der Waals surface area contributed by atoms with Crippen LogP contribution in [0.1, 0.15) is 42.3 Å². The molecule has 2 amide bonds. The van der Waals surface area contributed by atoms with Gasteiger partial charge in [-0.25, -0.2) is 0 Å². The minimum atomic E-state index is -0.558. The molecule has 142 valence electrons. The lowest BCUT2D eigenvalue weighted by Crippen LogP contribution is -2.29. The molecule has 1 unspecified atom stereocenters. The molecule has 1 aliphatic heterocycles. The third-order valence-electron chi connectivity index (χ3n) is 5.13. The molecule has 27 heavy (non-hydrogen) atoms. The normalized spacial score (nSPS) is 15.6. The second-order valence-electron chi connectivity index (χ2n) is 7.71. The van der Waals surface area contributed by atoms with E-state index in [1.165, 1.54) is 5.56 Å². The number of nitrogens with one attached hydrogen (secondary N) is 2. The van der Waals surface area contributed by atoms with Gasteiger partial charge in [0.05, 0.1) is 12.5 Å². The first-order chi connectivity index (χ1) is 12.8. The quantitative estimate of drug-likeness (QED) is 0.822. The fraction of sp³-hybridized carbons (Fsp3) is 0.364. The Labute approximate surface area is 160 Å². The number of anilines is 1. The number of methoxy groups -OCH3 is 1. The number of carbonyl (C=O) groups is 2. The summed E-state index contributed by atoms with van der Waals surface area (Å²) in [5.74, 6) is 0.975. The maximum absolute atomic E-state index is 12.5. The van der Waals surface area contributed by atoms with Crippen LogP contribution in [0.2, 0.25) is 0 Å². The summed E-state index contributed by atoms with van der Waals surface area (Å²) in [6, 6.07) is 13.4. The van der Waals surface area contributed by atoms with Crippen LogP contribution in [0.3, 0.4) is 0 Å². The average Bonchev–Trinajstić information content (AvgIpc) is 2.88. The van der Waals surface area contributed by atoms with Gasteiger partial charge in [0, 0.05) is 17.8 Å². The van der Waals surface area contributed by atoms with Crippen LogP contribution in [0.15, 0.2) is 42.5 Å². The Bertz CT molecular complexity index is 856. The molecule has 2 aromatic carbocycles. The molecule has 0 radical (unpaired) electrons. The zero-order valence-corrected chi connectivity index (χ0v) is 16.3. The molecule has 3 rings (SSSR count). The first-order valence-electron chi connectivity index (χ1n) is 9.18. The standard InChI is InChI=1S/C22H26N2O3/c1-14(11-15-5-8-17(27-4)9-6-15)13-23-20(25)16-7-10-18-19(12-16)24-21(26)22(18,2)3/h5-10,12,14H,11,13H2,1-4H3,(H,23,25)(H,24,26). The summed E-state index contributed by atoms with van der Waals surface area (Å²) in [6.07, 6.45) is 0.874. The van der Waals surface area contributed by atoms with Crippen LogP contribution in [-0.2, 0) is 16.6 Å². The Morgan fingerprint density at radius 2 is 1.89 bits per heavy atom. The zero-order valence-electron chi connectivity index (χ0n) is 16.3. The highest BCUT2D eigenvalue weighted by atomic mass is 16.5. The van der Waals surface area contributed by atoms with Crippen LogP contribution in [0.5, 0.6) is 5.75 Å². The highest BCUT2D eigenvalue weighted by Gasteiger charge is 2.38. The molecule has 1 atom stereocenters. The van der Waals surface area contributed by atoms with Crippen LogP contribution in [0, 0.1) is 5.92 Å². The van der Waals surface area contributed by atoms with E-state index in [4.69, 9.17) is 4.74 Å². The lowest BCUT2D eigenvalue weighted by atomic mass is 9.86. The second-order valence-corrected chi connectivity index (χ2v) is 7.71. The van der Waals surface area contributed by atoms with Crippen molar-refractivity contribution >= 4 is 17.5 Å². The van der Waals surface area contributed by atoms with E-state index in [-0.39, 0.29) is 11.8 Å². The van der Waals surface area contributed by atoms with E-state index in [2.05, 4.69) is 17.6 Å². The van der Waals surface area contributed by atoms with Gasteiger partial charge in [0.15, 0.2) is 0 Å². The van der Waals surface area contributed by atoms with Crippen molar-refractivity contribution in [3.05, 3.63) is 59.2 Å². The van der Waals surface area contributed by atoms with Crippen molar-refractivity contribution in [2.75, 3.05) is 19.0 Å². The average molecular weight is 366 g/mol. The molecule has 0 fully saturated rings. The van der Waals surface area contributed by atoms with Crippen LogP contribution < -0.4 is 15.4 Å². The Kier molecular flexibility index (Phi) is 5.22. The van der Waals surface area contributed by atoms with Crippen molar-refractivity contribution in [3.8, 4) is 5.75 Å². The minimum absolute atomic E-state index is 0.0387. The summed E-state index contributed by atoms with van der Waals surface area (Å²) in [4.78, 5) is 24.5. The highest BCUT2D eigenvalue weighted by Crippen LogP contribution is 2.37. The van der Waals surface area contributed by atoms with Gasteiger partial charge in [0.1, 0.15) is 5.75 Å². The first kappa shape index (κ1) is 19.0. The fourth-order valence-corrected chi connectivity index (χ4v) is 3.34. The molecule has 0 aromatic heterocycles. The molecular weight excluding hydrogens is 340 g/mol. The van der Waals surface area contributed by atoms with Crippen LogP contribution >= 0.6 is 0 Å².